The molecule has 0 spiro atoms. The second-order valence-corrected chi connectivity index (χ2v) is 4.17. The Kier molecular flexibility index (Phi) is 6.25. The van der Waals surface area contributed by atoms with Crippen molar-refractivity contribution in [1.29, 1.82) is 0 Å². The third-order valence-corrected chi connectivity index (χ3v) is 3.05. The average Bonchev–Trinajstić information content (AvgIpc) is 2.02. The van der Waals surface area contributed by atoms with Crippen LogP contribution < -0.4 is 0 Å². The van der Waals surface area contributed by atoms with Crippen LogP contribution in [0.15, 0.2) is 4.99 Å². The molecule has 0 bridgehead atoms. The van der Waals surface area contributed by atoms with Crippen LogP contribution in [-0.4, -0.2) is 32.6 Å². The van der Waals surface area contributed by atoms with Gasteiger partial charge in [-0.3, -0.25) is 4.57 Å². The molecule has 0 atom stereocenters. The van der Waals surface area contributed by atoms with Crippen molar-refractivity contribution in [2.24, 2.45) is 4.99 Å². The molecule has 0 saturated heterocycles. The van der Waals surface area contributed by atoms with Crippen molar-refractivity contribution >= 4 is 13.8 Å². The van der Waals surface area contributed by atoms with Crippen LogP contribution in [0, 0.1) is 0 Å². The lowest BCUT2D eigenvalue weighted by molar-refractivity contribution is 0.223. The Labute approximate surface area is 73.5 Å². The molecule has 0 radical (unpaired) electrons. The number of hydrogen-bond acceptors (Lipinski definition) is 4. The highest BCUT2D eigenvalue weighted by atomic mass is 31.2. The van der Waals surface area contributed by atoms with Crippen molar-refractivity contribution in [3.05, 3.63) is 0 Å². The maximum absolute atomic E-state index is 11.6. The monoisotopic (exact) mass is 193 g/mol. The van der Waals surface area contributed by atoms with Crippen molar-refractivity contribution in [2.45, 2.75) is 13.8 Å². The van der Waals surface area contributed by atoms with E-state index in [2.05, 4.69) is 4.99 Å². The summed E-state index contributed by atoms with van der Waals surface area (Å²) in [6.07, 6.45) is 1.80. The standard InChI is InChI=1S/C7H16NO3P/c1-4-10-12(9,11-5-2)7-6-8-3/h6H,4-5,7H2,1-3H3/b8-6+. The minimum absolute atomic E-state index is 0.255. The normalized spacial score (nSPS) is 12.6. The van der Waals surface area contributed by atoms with E-state index in [0.29, 0.717) is 13.2 Å². The molecule has 0 aliphatic rings. The highest BCUT2D eigenvalue weighted by Crippen LogP contribution is 2.46. The highest BCUT2D eigenvalue weighted by Gasteiger charge is 2.21. The van der Waals surface area contributed by atoms with E-state index in [1.807, 2.05) is 0 Å². The fourth-order valence-electron chi connectivity index (χ4n) is 0.718. The Morgan fingerprint density at radius 2 is 1.83 bits per heavy atom. The van der Waals surface area contributed by atoms with E-state index < -0.39 is 7.60 Å². The maximum Gasteiger partial charge on any atom is 0.335 e. The first-order chi connectivity index (χ1) is 5.68. The molecule has 0 aromatic heterocycles. The van der Waals surface area contributed by atoms with Gasteiger partial charge in [0.1, 0.15) is 0 Å². The zero-order valence-corrected chi connectivity index (χ0v) is 8.71. The topological polar surface area (TPSA) is 47.9 Å². The molecule has 4 nitrogen and oxygen atoms in total. The van der Waals surface area contributed by atoms with Crippen LogP contribution in [0.3, 0.4) is 0 Å². The van der Waals surface area contributed by atoms with Crippen molar-refractivity contribution < 1.29 is 13.6 Å². The van der Waals surface area contributed by atoms with Gasteiger partial charge in [-0.1, -0.05) is 0 Å². The maximum atomic E-state index is 11.6. The number of hydrogen-bond donors (Lipinski definition) is 0. The molecule has 0 saturated carbocycles. The average molecular weight is 193 g/mol. The lowest BCUT2D eigenvalue weighted by Crippen LogP contribution is -2.00. The molecule has 0 fully saturated rings. The third-order valence-electron chi connectivity index (χ3n) is 1.14. The van der Waals surface area contributed by atoms with Crippen LogP contribution in [-0.2, 0) is 13.6 Å². The van der Waals surface area contributed by atoms with Gasteiger partial charge in [0.2, 0.25) is 0 Å². The molecular formula is C7H16NO3P. The molecule has 0 aromatic carbocycles. The van der Waals surface area contributed by atoms with E-state index in [9.17, 15) is 4.57 Å². The number of nitrogens with zero attached hydrogens (tertiary/aromatic N) is 1. The van der Waals surface area contributed by atoms with Gasteiger partial charge in [-0.05, 0) is 13.8 Å². The van der Waals surface area contributed by atoms with Gasteiger partial charge >= 0.3 is 7.60 Å². The summed E-state index contributed by atoms with van der Waals surface area (Å²) < 4.78 is 21.7. The Morgan fingerprint density at radius 3 is 2.17 bits per heavy atom. The van der Waals surface area contributed by atoms with Gasteiger partial charge in [0.05, 0.1) is 19.4 Å². The molecule has 0 heterocycles. The fourth-order valence-corrected chi connectivity index (χ4v) is 2.15. The van der Waals surface area contributed by atoms with Crippen LogP contribution in [0.4, 0.5) is 0 Å². The SMILES string of the molecule is CCOP(=O)(C/C=N/C)OCC. The molecular weight excluding hydrogens is 177 g/mol. The number of aliphatic imine (C=N–C) groups is 1. The van der Waals surface area contributed by atoms with Gasteiger partial charge in [-0.25, -0.2) is 0 Å². The summed E-state index contributed by atoms with van der Waals surface area (Å²) in [5.74, 6) is 0. The minimum atomic E-state index is -2.89. The summed E-state index contributed by atoms with van der Waals surface area (Å²) in [4.78, 5) is 3.73. The Bertz CT molecular complexity index is 171. The van der Waals surface area contributed by atoms with E-state index in [0.717, 1.165) is 0 Å². The lowest BCUT2D eigenvalue weighted by atomic mass is 10.9. The smallest absolute Gasteiger partial charge is 0.309 e. The second-order valence-electron chi connectivity index (χ2n) is 2.07. The molecule has 0 aliphatic heterocycles. The summed E-state index contributed by atoms with van der Waals surface area (Å²) in [5, 5.41) is 0. The predicted molar refractivity (Wildman–Crippen MR) is 50.1 cm³/mol. The Balaban J connectivity index is 4.08. The molecule has 72 valence electrons. The first-order valence-corrected chi connectivity index (χ1v) is 5.70. The van der Waals surface area contributed by atoms with E-state index in [1.54, 1.807) is 27.1 Å². The van der Waals surface area contributed by atoms with Crippen molar-refractivity contribution in [1.82, 2.24) is 0 Å². The molecule has 0 aromatic rings. The Hall–Kier alpha value is -0.180. The summed E-state index contributed by atoms with van der Waals surface area (Å²) >= 11 is 0. The van der Waals surface area contributed by atoms with Crippen LogP contribution in [0.25, 0.3) is 0 Å². The lowest BCUT2D eigenvalue weighted by Gasteiger charge is -2.14. The van der Waals surface area contributed by atoms with E-state index in [1.165, 1.54) is 0 Å². The van der Waals surface area contributed by atoms with Gasteiger partial charge in [0.15, 0.2) is 0 Å². The summed E-state index contributed by atoms with van der Waals surface area (Å²) in [7, 11) is -1.26. The van der Waals surface area contributed by atoms with Gasteiger partial charge in [0.25, 0.3) is 0 Å². The van der Waals surface area contributed by atoms with Crippen LogP contribution in [0.1, 0.15) is 13.8 Å². The highest BCUT2D eigenvalue weighted by molar-refractivity contribution is 7.54. The zero-order chi connectivity index (χ0) is 9.45. The minimum Gasteiger partial charge on any atom is -0.309 e. The molecule has 0 N–H and O–H groups in total. The van der Waals surface area contributed by atoms with Crippen LogP contribution in [0.5, 0.6) is 0 Å². The van der Waals surface area contributed by atoms with Gasteiger partial charge in [0, 0.05) is 13.3 Å². The first-order valence-electron chi connectivity index (χ1n) is 3.97. The fraction of sp³-hybridized carbons (Fsp3) is 0.857. The van der Waals surface area contributed by atoms with Crippen molar-refractivity contribution in [3.8, 4) is 0 Å². The second kappa shape index (κ2) is 6.35. The summed E-state index contributed by atoms with van der Waals surface area (Å²) in [5.41, 5.74) is 0. The third kappa shape index (κ3) is 4.65. The van der Waals surface area contributed by atoms with E-state index in [4.69, 9.17) is 9.05 Å². The van der Waals surface area contributed by atoms with Crippen molar-refractivity contribution in [2.75, 3.05) is 26.4 Å². The van der Waals surface area contributed by atoms with Gasteiger partial charge in [-0.15, -0.1) is 0 Å². The van der Waals surface area contributed by atoms with Gasteiger partial charge < -0.3 is 14.0 Å². The molecule has 0 aliphatic carbocycles. The molecule has 0 amide bonds. The van der Waals surface area contributed by atoms with Crippen LogP contribution in [0.2, 0.25) is 0 Å². The quantitative estimate of drug-likeness (QED) is 0.478. The molecule has 12 heavy (non-hydrogen) atoms. The Morgan fingerprint density at radius 1 is 1.33 bits per heavy atom. The molecule has 0 unspecified atom stereocenters. The van der Waals surface area contributed by atoms with Gasteiger partial charge in [-0.2, -0.15) is 0 Å². The van der Waals surface area contributed by atoms with E-state index >= 15 is 0 Å². The summed E-state index contributed by atoms with van der Waals surface area (Å²) in [6.45, 7) is 4.37. The first kappa shape index (κ1) is 11.8. The molecule has 0 rings (SSSR count). The summed E-state index contributed by atoms with van der Waals surface area (Å²) in [6, 6.07) is 0. The predicted octanol–water partition coefficient (Wildman–Crippen LogP) is 1.95. The van der Waals surface area contributed by atoms with Crippen LogP contribution >= 0.6 is 7.60 Å². The van der Waals surface area contributed by atoms with E-state index in [-0.39, 0.29) is 6.16 Å². The zero-order valence-electron chi connectivity index (χ0n) is 7.82. The number of rotatable bonds is 6. The molecule has 5 heteroatoms. The largest absolute Gasteiger partial charge is 0.335 e. The van der Waals surface area contributed by atoms with Crippen molar-refractivity contribution in [3.63, 3.8) is 0 Å².